The summed E-state index contributed by atoms with van der Waals surface area (Å²) in [6, 6.07) is 0.300. The van der Waals surface area contributed by atoms with Gasteiger partial charge < -0.3 is 19.6 Å². The summed E-state index contributed by atoms with van der Waals surface area (Å²) >= 11 is 0. The molecule has 8 nitrogen and oxygen atoms in total. The number of imidazole rings is 1. The number of hydrogen-bond acceptors (Lipinski definition) is 5. The monoisotopic (exact) mass is 324 g/mol. The molecule has 3 aromatic heterocycles. The van der Waals surface area contributed by atoms with Crippen LogP contribution in [0.3, 0.4) is 0 Å². The van der Waals surface area contributed by atoms with Gasteiger partial charge in [-0.25, -0.2) is 4.98 Å². The second-order valence-corrected chi connectivity index (χ2v) is 5.67. The fraction of sp³-hybridized carbons (Fsp3) is 0.250. The van der Waals surface area contributed by atoms with Crippen molar-refractivity contribution in [3.05, 3.63) is 42.2 Å². The van der Waals surface area contributed by atoms with E-state index >= 15 is 0 Å². The van der Waals surface area contributed by atoms with E-state index in [1.165, 1.54) is 19.5 Å². The average molecular weight is 324 g/mol. The van der Waals surface area contributed by atoms with Crippen LogP contribution in [-0.2, 0) is 6.42 Å². The second-order valence-electron chi connectivity index (χ2n) is 5.67. The molecule has 4 rings (SSSR count). The van der Waals surface area contributed by atoms with Gasteiger partial charge in [-0.2, -0.15) is 4.98 Å². The minimum atomic E-state index is -0.265. The number of nitrogens with one attached hydrogen (secondary N) is 2. The van der Waals surface area contributed by atoms with Gasteiger partial charge >= 0.3 is 0 Å². The zero-order valence-electron chi connectivity index (χ0n) is 13.3. The molecule has 0 saturated carbocycles. The molecule has 1 atom stereocenters. The van der Waals surface area contributed by atoms with E-state index in [1.54, 1.807) is 12.4 Å². The van der Waals surface area contributed by atoms with Gasteiger partial charge in [0.2, 0.25) is 5.88 Å². The van der Waals surface area contributed by atoms with E-state index in [-0.39, 0.29) is 5.91 Å². The maximum atomic E-state index is 12.7. The van der Waals surface area contributed by atoms with Gasteiger partial charge in [0.05, 0.1) is 30.6 Å². The summed E-state index contributed by atoms with van der Waals surface area (Å²) in [6.45, 7) is 2.13. The van der Waals surface area contributed by atoms with E-state index in [1.807, 2.05) is 6.20 Å². The standard InChI is InChI=1S/C16H16N6O2/c1-9-5-11-14(15-18-3-4-22(9)15)10(6-19-11)16(23)21-12-7-17-8-13(20-12)24-2/h3-4,6-9,19H,5H2,1-2H3,(H,20,21,23)/t9-/m1/s1. The van der Waals surface area contributed by atoms with Crippen LogP contribution in [0.2, 0.25) is 0 Å². The number of amides is 1. The summed E-state index contributed by atoms with van der Waals surface area (Å²) in [5.74, 6) is 1.21. The molecule has 24 heavy (non-hydrogen) atoms. The lowest BCUT2D eigenvalue weighted by atomic mass is 10.0. The summed E-state index contributed by atoms with van der Waals surface area (Å²) in [5.41, 5.74) is 2.39. The van der Waals surface area contributed by atoms with Crippen molar-refractivity contribution in [3.8, 4) is 17.3 Å². The van der Waals surface area contributed by atoms with Crippen LogP contribution in [0.15, 0.2) is 31.0 Å². The van der Waals surface area contributed by atoms with Gasteiger partial charge in [-0.15, -0.1) is 0 Å². The number of ether oxygens (including phenoxy) is 1. The molecule has 0 saturated heterocycles. The first-order valence-electron chi connectivity index (χ1n) is 7.58. The molecule has 0 unspecified atom stereocenters. The van der Waals surface area contributed by atoms with Gasteiger partial charge in [0.15, 0.2) is 5.82 Å². The quantitative estimate of drug-likeness (QED) is 0.768. The third-order valence-electron chi connectivity index (χ3n) is 4.14. The van der Waals surface area contributed by atoms with E-state index in [2.05, 4.69) is 36.7 Å². The Bertz CT molecular complexity index is 913. The van der Waals surface area contributed by atoms with Crippen LogP contribution in [0, 0.1) is 0 Å². The maximum Gasteiger partial charge on any atom is 0.259 e. The van der Waals surface area contributed by atoms with Crippen molar-refractivity contribution < 1.29 is 9.53 Å². The fourth-order valence-electron chi connectivity index (χ4n) is 3.01. The largest absolute Gasteiger partial charge is 0.480 e. The van der Waals surface area contributed by atoms with Crippen molar-refractivity contribution >= 4 is 11.7 Å². The third-order valence-corrected chi connectivity index (χ3v) is 4.14. The average Bonchev–Trinajstić information content (AvgIpc) is 3.21. The summed E-state index contributed by atoms with van der Waals surface area (Å²) < 4.78 is 7.10. The van der Waals surface area contributed by atoms with Crippen LogP contribution < -0.4 is 10.1 Å². The molecule has 4 heterocycles. The highest BCUT2D eigenvalue weighted by Gasteiger charge is 2.28. The molecule has 0 spiro atoms. The van der Waals surface area contributed by atoms with Gasteiger partial charge in [-0.1, -0.05) is 0 Å². The Morgan fingerprint density at radius 3 is 3.17 bits per heavy atom. The first kappa shape index (κ1) is 14.4. The molecule has 0 fully saturated rings. The lowest BCUT2D eigenvalue weighted by Crippen LogP contribution is -2.18. The van der Waals surface area contributed by atoms with E-state index in [0.717, 1.165) is 23.5 Å². The van der Waals surface area contributed by atoms with E-state index in [4.69, 9.17) is 4.74 Å². The molecule has 0 aromatic carbocycles. The Morgan fingerprint density at radius 2 is 2.33 bits per heavy atom. The minimum absolute atomic E-state index is 0.265. The molecule has 1 aliphatic heterocycles. The molecule has 1 amide bonds. The third kappa shape index (κ3) is 2.23. The van der Waals surface area contributed by atoms with E-state index in [9.17, 15) is 4.79 Å². The predicted octanol–water partition coefficient (Wildman–Crippen LogP) is 2.05. The van der Waals surface area contributed by atoms with Crippen molar-refractivity contribution in [1.82, 2.24) is 24.5 Å². The molecule has 3 aromatic rings. The predicted molar refractivity (Wildman–Crippen MR) is 87.0 cm³/mol. The fourth-order valence-corrected chi connectivity index (χ4v) is 3.01. The molecular formula is C16H16N6O2. The van der Waals surface area contributed by atoms with Crippen molar-refractivity contribution in [1.29, 1.82) is 0 Å². The Morgan fingerprint density at radius 1 is 1.46 bits per heavy atom. The van der Waals surface area contributed by atoms with Gasteiger partial charge in [-0.3, -0.25) is 9.78 Å². The van der Waals surface area contributed by atoms with Gasteiger partial charge in [0.1, 0.15) is 5.82 Å². The molecule has 0 aliphatic carbocycles. The number of rotatable bonds is 3. The summed E-state index contributed by atoms with van der Waals surface area (Å²) in [5, 5.41) is 2.75. The van der Waals surface area contributed by atoms with Crippen molar-refractivity contribution in [2.24, 2.45) is 0 Å². The first-order valence-corrected chi connectivity index (χ1v) is 7.58. The zero-order chi connectivity index (χ0) is 16.7. The number of aromatic nitrogens is 5. The number of nitrogens with zero attached hydrogens (tertiary/aromatic N) is 4. The number of methoxy groups -OCH3 is 1. The van der Waals surface area contributed by atoms with E-state index in [0.29, 0.717) is 23.3 Å². The smallest absolute Gasteiger partial charge is 0.259 e. The van der Waals surface area contributed by atoms with Gasteiger partial charge in [0, 0.05) is 36.7 Å². The number of aromatic amines is 1. The van der Waals surface area contributed by atoms with Crippen LogP contribution >= 0.6 is 0 Å². The molecule has 1 aliphatic rings. The Kier molecular flexibility index (Phi) is 3.30. The SMILES string of the molecule is COc1cncc(NC(=O)c2c[nH]c3c2-c2nccn2[C@H](C)C3)n1. The van der Waals surface area contributed by atoms with Crippen LogP contribution in [0.25, 0.3) is 11.4 Å². The highest BCUT2D eigenvalue weighted by Crippen LogP contribution is 2.35. The molecule has 0 radical (unpaired) electrons. The first-order chi connectivity index (χ1) is 11.7. The Labute approximate surface area is 137 Å². The molecule has 122 valence electrons. The topological polar surface area (TPSA) is 97.7 Å². The number of anilines is 1. The van der Waals surface area contributed by atoms with Crippen molar-refractivity contribution in [2.45, 2.75) is 19.4 Å². The second kappa shape index (κ2) is 5.48. The molecule has 0 bridgehead atoms. The molecule has 8 heteroatoms. The molecular weight excluding hydrogens is 308 g/mol. The summed E-state index contributed by atoms with van der Waals surface area (Å²) in [6.07, 6.45) is 9.18. The van der Waals surface area contributed by atoms with E-state index < -0.39 is 0 Å². The van der Waals surface area contributed by atoms with Crippen molar-refractivity contribution in [2.75, 3.05) is 12.4 Å². The van der Waals surface area contributed by atoms with Crippen molar-refractivity contribution in [3.63, 3.8) is 0 Å². The Hall–Kier alpha value is -3.16. The highest BCUT2D eigenvalue weighted by atomic mass is 16.5. The lowest BCUT2D eigenvalue weighted by Gasteiger charge is -2.22. The lowest BCUT2D eigenvalue weighted by molar-refractivity contribution is 0.102. The normalized spacial score (nSPS) is 15.5. The summed E-state index contributed by atoms with van der Waals surface area (Å²) in [7, 11) is 1.50. The van der Waals surface area contributed by atoms with Crippen LogP contribution in [0.5, 0.6) is 5.88 Å². The van der Waals surface area contributed by atoms with Gasteiger partial charge in [0.25, 0.3) is 5.91 Å². The van der Waals surface area contributed by atoms with Crippen LogP contribution in [0.1, 0.15) is 29.0 Å². The van der Waals surface area contributed by atoms with Crippen LogP contribution in [-0.4, -0.2) is 37.5 Å². The number of H-pyrrole nitrogens is 1. The molecule has 2 N–H and O–H groups in total. The summed E-state index contributed by atoms with van der Waals surface area (Å²) in [4.78, 5) is 28.4. The zero-order valence-corrected chi connectivity index (χ0v) is 13.3. The number of carbonyl (C=O) groups is 1. The highest BCUT2D eigenvalue weighted by molar-refractivity contribution is 6.08. The van der Waals surface area contributed by atoms with Gasteiger partial charge in [-0.05, 0) is 6.92 Å². The maximum absolute atomic E-state index is 12.7. The minimum Gasteiger partial charge on any atom is -0.480 e. The number of hydrogen-bond donors (Lipinski definition) is 2. The number of fused-ring (bicyclic) bond motifs is 3. The van der Waals surface area contributed by atoms with Crippen LogP contribution in [0.4, 0.5) is 5.82 Å². The number of carbonyl (C=O) groups excluding carboxylic acids is 1. The Balaban J connectivity index is 1.68.